The predicted molar refractivity (Wildman–Crippen MR) is 102 cm³/mol. The molecule has 0 unspecified atom stereocenters. The molecule has 2 aromatic carbocycles. The number of fused-ring (bicyclic) bond motifs is 3. The topological polar surface area (TPSA) is 0 Å². The van der Waals surface area contributed by atoms with Crippen LogP contribution in [-0.4, -0.2) is 0 Å². The molecular formula is C23H24. The summed E-state index contributed by atoms with van der Waals surface area (Å²) in [6.45, 7) is 12.7. The lowest BCUT2D eigenvalue weighted by molar-refractivity contribution is 0.659. The van der Waals surface area contributed by atoms with Gasteiger partial charge in [-0.3, -0.25) is 0 Å². The van der Waals surface area contributed by atoms with E-state index in [1.54, 1.807) is 6.08 Å². The van der Waals surface area contributed by atoms with Gasteiger partial charge in [-0.15, -0.1) is 0 Å². The first kappa shape index (κ1) is 15.6. The lowest BCUT2D eigenvalue weighted by Crippen LogP contribution is -2.15. The summed E-state index contributed by atoms with van der Waals surface area (Å²) in [4.78, 5) is 0. The lowest BCUT2D eigenvalue weighted by atomic mass is 9.81. The van der Waals surface area contributed by atoms with Crippen LogP contribution in [0.3, 0.4) is 0 Å². The van der Waals surface area contributed by atoms with E-state index in [2.05, 4.69) is 76.7 Å². The Kier molecular flexibility index (Phi) is 3.85. The van der Waals surface area contributed by atoms with Crippen molar-refractivity contribution in [3.8, 4) is 11.1 Å². The zero-order valence-electron chi connectivity index (χ0n) is 14.5. The van der Waals surface area contributed by atoms with Gasteiger partial charge in [-0.1, -0.05) is 80.6 Å². The second-order valence-corrected chi connectivity index (χ2v) is 6.90. The highest BCUT2D eigenvalue weighted by molar-refractivity contribution is 5.83. The van der Waals surface area contributed by atoms with Gasteiger partial charge in [-0.05, 0) is 53.3 Å². The molecule has 0 N–H and O–H groups in total. The molecule has 116 valence electrons. The van der Waals surface area contributed by atoms with Gasteiger partial charge in [0.1, 0.15) is 0 Å². The van der Waals surface area contributed by atoms with E-state index < -0.39 is 0 Å². The molecule has 2 aromatic rings. The van der Waals surface area contributed by atoms with Crippen LogP contribution in [0.1, 0.15) is 43.0 Å². The Morgan fingerprint density at radius 2 is 1.61 bits per heavy atom. The molecule has 0 saturated heterocycles. The minimum Gasteiger partial charge on any atom is -0.0991 e. The highest BCUT2D eigenvalue weighted by atomic mass is 14.4. The maximum atomic E-state index is 3.71. The van der Waals surface area contributed by atoms with E-state index in [1.807, 2.05) is 12.2 Å². The summed E-state index contributed by atoms with van der Waals surface area (Å²) in [5.41, 5.74) is 9.58. The third-order valence-electron chi connectivity index (χ3n) is 4.88. The molecule has 0 radical (unpaired) electrons. The number of hydrogen-bond donors (Lipinski definition) is 0. The first-order valence-corrected chi connectivity index (χ1v) is 8.17. The Morgan fingerprint density at radius 1 is 0.957 bits per heavy atom. The van der Waals surface area contributed by atoms with Crippen molar-refractivity contribution in [2.75, 3.05) is 0 Å². The van der Waals surface area contributed by atoms with Crippen molar-refractivity contribution in [3.05, 3.63) is 89.5 Å². The number of benzene rings is 2. The first-order chi connectivity index (χ1) is 10.9. The fourth-order valence-electron chi connectivity index (χ4n) is 3.47. The highest BCUT2D eigenvalue weighted by Gasteiger charge is 2.35. The molecule has 0 amide bonds. The van der Waals surface area contributed by atoms with Crippen molar-refractivity contribution in [2.24, 2.45) is 0 Å². The quantitative estimate of drug-likeness (QED) is 0.572. The van der Waals surface area contributed by atoms with Gasteiger partial charge in [0.25, 0.3) is 0 Å². The molecule has 0 saturated carbocycles. The van der Waals surface area contributed by atoms with E-state index in [9.17, 15) is 0 Å². The normalized spacial score (nSPS) is 15.6. The maximum absolute atomic E-state index is 3.71. The Labute approximate surface area is 139 Å². The Balaban J connectivity index is 2.11. The van der Waals surface area contributed by atoms with Crippen molar-refractivity contribution < 1.29 is 0 Å². The van der Waals surface area contributed by atoms with E-state index in [0.29, 0.717) is 0 Å². The van der Waals surface area contributed by atoms with Crippen molar-refractivity contribution in [2.45, 2.75) is 33.1 Å². The fourth-order valence-corrected chi connectivity index (χ4v) is 3.47. The van der Waals surface area contributed by atoms with Crippen molar-refractivity contribution in [1.82, 2.24) is 0 Å². The Morgan fingerprint density at radius 3 is 2.30 bits per heavy atom. The zero-order valence-corrected chi connectivity index (χ0v) is 14.5. The van der Waals surface area contributed by atoms with E-state index >= 15 is 0 Å². The molecule has 1 aliphatic rings. The second-order valence-electron chi connectivity index (χ2n) is 6.90. The third kappa shape index (κ3) is 2.59. The molecule has 0 bridgehead atoms. The predicted octanol–water partition coefficient (Wildman–Crippen LogP) is 6.45. The molecule has 0 aromatic heterocycles. The molecule has 0 fully saturated rings. The van der Waals surface area contributed by atoms with Crippen LogP contribution in [0.2, 0.25) is 0 Å². The molecule has 23 heavy (non-hydrogen) atoms. The summed E-state index contributed by atoms with van der Waals surface area (Å²) in [6.07, 6.45) is 7.94. The van der Waals surface area contributed by atoms with Gasteiger partial charge in [-0.2, -0.15) is 0 Å². The van der Waals surface area contributed by atoms with Crippen LogP contribution in [0.15, 0.2) is 67.3 Å². The van der Waals surface area contributed by atoms with Gasteiger partial charge in [0.05, 0.1) is 0 Å². The summed E-state index contributed by atoms with van der Waals surface area (Å²) in [7, 11) is 0. The largest absolute Gasteiger partial charge is 0.0991 e. The molecule has 1 aliphatic carbocycles. The Bertz CT molecular complexity index is 829. The summed E-state index contributed by atoms with van der Waals surface area (Å²) in [5.74, 6) is 0. The summed E-state index contributed by atoms with van der Waals surface area (Å²) in [5, 5.41) is 0. The Hall–Kier alpha value is -2.34. The van der Waals surface area contributed by atoms with Crippen LogP contribution in [-0.2, 0) is 5.41 Å². The SMILES string of the molecule is C=C/C=C\C=C(/C)c1ccc2c(c1)C(C)(C)c1cc(C)ccc1-2. The van der Waals surface area contributed by atoms with Crippen LogP contribution in [0.4, 0.5) is 0 Å². The standard InChI is InChI=1S/C23H24/c1-6-7-8-9-17(3)18-11-13-20-19-12-10-16(2)14-21(19)23(4,5)22(20)15-18/h6-15H,1H2,2-5H3/b8-7-,17-9+. The van der Waals surface area contributed by atoms with Crippen molar-refractivity contribution >= 4 is 5.57 Å². The van der Waals surface area contributed by atoms with E-state index in [-0.39, 0.29) is 5.41 Å². The monoisotopic (exact) mass is 300 g/mol. The molecule has 0 spiro atoms. The van der Waals surface area contributed by atoms with Gasteiger partial charge in [0.15, 0.2) is 0 Å². The number of allylic oxidation sites excluding steroid dienone is 5. The maximum Gasteiger partial charge on any atom is 0.0159 e. The van der Waals surface area contributed by atoms with Gasteiger partial charge >= 0.3 is 0 Å². The average molecular weight is 300 g/mol. The molecule has 0 atom stereocenters. The van der Waals surface area contributed by atoms with E-state index in [0.717, 1.165) is 0 Å². The summed E-state index contributed by atoms with van der Waals surface area (Å²) >= 11 is 0. The van der Waals surface area contributed by atoms with E-state index in [1.165, 1.54) is 39.0 Å². The van der Waals surface area contributed by atoms with Gasteiger partial charge < -0.3 is 0 Å². The number of aryl methyl sites for hydroxylation is 1. The van der Waals surface area contributed by atoms with Gasteiger partial charge in [0.2, 0.25) is 0 Å². The van der Waals surface area contributed by atoms with Gasteiger partial charge in [0, 0.05) is 5.41 Å². The van der Waals surface area contributed by atoms with Crippen LogP contribution in [0.25, 0.3) is 16.7 Å². The van der Waals surface area contributed by atoms with Gasteiger partial charge in [-0.25, -0.2) is 0 Å². The average Bonchev–Trinajstić information content (AvgIpc) is 2.75. The molecule has 0 aliphatic heterocycles. The van der Waals surface area contributed by atoms with Crippen LogP contribution >= 0.6 is 0 Å². The number of rotatable bonds is 3. The van der Waals surface area contributed by atoms with Crippen molar-refractivity contribution in [3.63, 3.8) is 0 Å². The minimum atomic E-state index is 0.0595. The minimum absolute atomic E-state index is 0.0595. The molecule has 0 heteroatoms. The lowest BCUT2D eigenvalue weighted by Gasteiger charge is -2.22. The summed E-state index contributed by atoms with van der Waals surface area (Å²) < 4.78 is 0. The molecule has 0 heterocycles. The molecule has 3 rings (SSSR count). The van der Waals surface area contributed by atoms with Crippen LogP contribution < -0.4 is 0 Å². The zero-order chi connectivity index (χ0) is 16.6. The van der Waals surface area contributed by atoms with Crippen LogP contribution in [0.5, 0.6) is 0 Å². The van der Waals surface area contributed by atoms with Crippen LogP contribution in [0, 0.1) is 6.92 Å². The number of hydrogen-bond acceptors (Lipinski definition) is 0. The molecule has 0 nitrogen and oxygen atoms in total. The first-order valence-electron chi connectivity index (χ1n) is 8.17. The fraction of sp³-hybridized carbons (Fsp3) is 0.217. The second kappa shape index (κ2) is 5.70. The highest BCUT2D eigenvalue weighted by Crippen LogP contribution is 2.49. The molecular weight excluding hydrogens is 276 g/mol. The third-order valence-corrected chi connectivity index (χ3v) is 4.88. The smallest absolute Gasteiger partial charge is 0.0159 e. The van der Waals surface area contributed by atoms with E-state index in [4.69, 9.17) is 0 Å². The summed E-state index contributed by atoms with van der Waals surface area (Å²) in [6, 6.07) is 13.7. The van der Waals surface area contributed by atoms with Crippen molar-refractivity contribution in [1.29, 1.82) is 0 Å².